The maximum Gasteiger partial charge on any atom is 0.0641 e. The predicted molar refractivity (Wildman–Crippen MR) is 77.7 cm³/mol. The minimum absolute atomic E-state index is 0.0174. The average molecular weight is 341 g/mol. The maximum atomic E-state index is 6.22. The molecule has 0 fully saturated rings. The zero-order valence-electron chi connectivity index (χ0n) is 10.0. The fourth-order valence-electron chi connectivity index (χ4n) is 1.97. The van der Waals surface area contributed by atoms with Crippen molar-refractivity contribution in [3.05, 3.63) is 50.9 Å². The molecule has 2 rings (SSSR count). The number of hydrogen-bond donors (Lipinski definition) is 1. The summed E-state index contributed by atoms with van der Waals surface area (Å²) in [5, 5.41) is 4.32. The Balaban J connectivity index is 2.14. The Morgan fingerprint density at radius 1 is 1.35 bits per heavy atom. The van der Waals surface area contributed by atoms with Gasteiger partial charge in [0.25, 0.3) is 0 Å². The molecule has 0 saturated heterocycles. The number of hydrogen-bond acceptors (Lipinski definition) is 2. The topological polar surface area (TPSA) is 43.8 Å². The van der Waals surface area contributed by atoms with E-state index in [0.29, 0.717) is 0 Å². The standard InChI is InChI=1S/C13H16IN3/c1-9-12(8-17(2)16-9)13(15)7-10-3-5-11(14)6-4-10/h3-6,8,13H,7,15H2,1-2H3. The first-order valence-corrected chi connectivity index (χ1v) is 6.64. The van der Waals surface area contributed by atoms with Gasteiger partial charge in [-0.2, -0.15) is 5.10 Å². The zero-order valence-corrected chi connectivity index (χ0v) is 12.2. The number of aryl methyl sites for hydroxylation is 2. The van der Waals surface area contributed by atoms with E-state index in [0.717, 1.165) is 17.7 Å². The Kier molecular flexibility index (Phi) is 3.83. The van der Waals surface area contributed by atoms with Gasteiger partial charge in [-0.1, -0.05) is 12.1 Å². The lowest BCUT2D eigenvalue weighted by atomic mass is 10.0. The van der Waals surface area contributed by atoms with Gasteiger partial charge in [-0.05, 0) is 53.6 Å². The molecule has 0 aliphatic carbocycles. The van der Waals surface area contributed by atoms with Gasteiger partial charge in [-0.15, -0.1) is 0 Å². The van der Waals surface area contributed by atoms with Crippen molar-refractivity contribution < 1.29 is 0 Å². The number of aromatic nitrogens is 2. The molecule has 0 saturated carbocycles. The molecule has 1 unspecified atom stereocenters. The fourth-order valence-corrected chi connectivity index (χ4v) is 2.33. The number of nitrogens with zero attached hydrogens (tertiary/aromatic N) is 2. The Hall–Kier alpha value is -0.880. The van der Waals surface area contributed by atoms with Crippen LogP contribution in [0.2, 0.25) is 0 Å². The molecule has 0 amide bonds. The van der Waals surface area contributed by atoms with Crippen LogP contribution in [0.4, 0.5) is 0 Å². The molecule has 0 radical (unpaired) electrons. The molecule has 90 valence electrons. The molecule has 0 aliphatic rings. The van der Waals surface area contributed by atoms with E-state index in [1.165, 1.54) is 9.13 Å². The minimum atomic E-state index is 0.0174. The van der Waals surface area contributed by atoms with Crippen LogP contribution in [0.3, 0.4) is 0 Å². The molecule has 0 spiro atoms. The lowest BCUT2D eigenvalue weighted by molar-refractivity contribution is 0.715. The third-order valence-electron chi connectivity index (χ3n) is 2.82. The van der Waals surface area contributed by atoms with Gasteiger partial charge in [0.05, 0.1) is 5.69 Å². The van der Waals surface area contributed by atoms with Gasteiger partial charge in [-0.3, -0.25) is 4.68 Å². The van der Waals surface area contributed by atoms with Crippen molar-refractivity contribution in [3.63, 3.8) is 0 Å². The molecule has 17 heavy (non-hydrogen) atoms. The molecule has 4 heteroatoms. The number of benzene rings is 1. The highest BCUT2D eigenvalue weighted by atomic mass is 127. The Morgan fingerprint density at radius 2 is 2.00 bits per heavy atom. The summed E-state index contributed by atoms with van der Waals surface area (Å²) >= 11 is 2.31. The second kappa shape index (κ2) is 5.18. The molecule has 2 aromatic rings. The van der Waals surface area contributed by atoms with E-state index in [4.69, 9.17) is 5.73 Å². The first-order valence-electron chi connectivity index (χ1n) is 5.56. The lowest BCUT2D eigenvalue weighted by Gasteiger charge is -2.10. The van der Waals surface area contributed by atoms with E-state index < -0.39 is 0 Å². The summed E-state index contributed by atoms with van der Waals surface area (Å²) in [5.74, 6) is 0. The van der Waals surface area contributed by atoms with Crippen LogP contribution in [0.25, 0.3) is 0 Å². The van der Waals surface area contributed by atoms with Crippen LogP contribution in [0.15, 0.2) is 30.5 Å². The zero-order chi connectivity index (χ0) is 12.4. The van der Waals surface area contributed by atoms with E-state index in [9.17, 15) is 0 Å². The molecule has 1 aromatic carbocycles. The highest BCUT2D eigenvalue weighted by molar-refractivity contribution is 14.1. The van der Waals surface area contributed by atoms with Gasteiger partial charge >= 0.3 is 0 Å². The van der Waals surface area contributed by atoms with Crippen LogP contribution in [0, 0.1) is 10.5 Å². The monoisotopic (exact) mass is 341 g/mol. The maximum absolute atomic E-state index is 6.22. The van der Waals surface area contributed by atoms with E-state index in [2.05, 4.69) is 52.0 Å². The predicted octanol–water partition coefficient (Wildman–Crippen LogP) is 2.58. The molecule has 1 heterocycles. The highest BCUT2D eigenvalue weighted by Crippen LogP contribution is 2.19. The molecular formula is C13H16IN3. The molecule has 0 bridgehead atoms. The van der Waals surface area contributed by atoms with E-state index >= 15 is 0 Å². The number of nitrogens with two attached hydrogens (primary N) is 1. The lowest BCUT2D eigenvalue weighted by Crippen LogP contribution is -2.13. The van der Waals surface area contributed by atoms with Crippen LogP contribution >= 0.6 is 22.6 Å². The van der Waals surface area contributed by atoms with Gasteiger partial charge in [0.1, 0.15) is 0 Å². The summed E-state index contributed by atoms with van der Waals surface area (Å²) in [4.78, 5) is 0. The van der Waals surface area contributed by atoms with Crippen LogP contribution in [0.1, 0.15) is 22.9 Å². The van der Waals surface area contributed by atoms with Crippen molar-refractivity contribution >= 4 is 22.6 Å². The van der Waals surface area contributed by atoms with Crippen molar-refractivity contribution in [2.24, 2.45) is 12.8 Å². The molecule has 1 atom stereocenters. The van der Waals surface area contributed by atoms with Crippen LogP contribution in [-0.4, -0.2) is 9.78 Å². The second-order valence-corrected chi connectivity index (χ2v) is 5.53. The fraction of sp³-hybridized carbons (Fsp3) is 0.308. The van der Waals surface area contributed by atoms with Crippen LogP contribution in [0.5, 0.6) is 0 Å². The van der Waals surface area contributed by atoms with E-state index in [1.54, 1.807) is 0 Å². The summed E-state index contributed by atoms with van der Waals surface area (Å²) in [7, 11) is 1.92. The minimum Gasteiger partial charge on any atom is -0.324 e. The van der Waals surface area contributed by atoms with Crippen molar-refractivity contribution in [1.29, 1.82) is 0 Å². The van der Waals surface area contributed by atoms with Gasteiger partial charge in [0, 0.05) is 28.4 Å². The molecule has 1 aromatic heterocycles. The third-order valence-corrected chi connectivity index (χ3v) is 3.54. The first-order chi connectivity index (χ1) is 8.06. The first kappa shape index (κ1) is 12.6. The SMILES string of the molecule is Cc1nn(C)cc1C(N)Cc1ccc(I)cc1. The number of halogens is 1. The van der Waals surface area contributed by atoms with Gasteiger partial charge in [0.15, 0.2) is 0 Å². The molecular weight excluding hydrogens is 325 g/mol. The highest BCUT2D eigenvalue weighted by Gasteiger charge is 2.12. The van der Waals surface area contributed by atoms with Crippen LogP contribution in [-0.2, 0) is 13.5 Å². The summed E-state index contributed by atoms with van der Waals surface area (Å²) in [6.45, 7) is 2.00. The molecule has 0 aliphatic heterocycles. The van der Waals surface area contributed by atoms with E-state index in [-0.39, 0.29) is 6.04 Å². The van der Waals surface area contributed by atoms with Crippen molar-refractivity contribution in [3.8, 4) is 0 Å². The Bertz CT molecular complexity index is 502. The van der Waals surface area contributed by atoms with Gasteiger partial charge < -0.3 is 5.73 Å². The molecule has 3 nitrogen and oxygen atoms in total. The number of rotatable bonds is 3. The van der Waals surface area contributed by atoms with Crippen LogP contribution < -0.4 is 5.73 Å². The summed E-state index contributed by atoms with van der Waals surface area (Å²) in [6.07, 6.45) is 2.86. The smallest absolute Gasteiger partial charge is 0.0641 e. The largest absolute Gasteiger partial charge is 0.324 e. The van der Waals surface area contributed by atoms with Crippen molar-refractivity contribution in [1.82, 2.24) is 9.78 Å². The van der Waals surface area contributed by atoms with Crippen molar-refractivity contribution in [2.75, 3.05) is 0 Å². The summed E-state index contributed by atoms with van der Waals surface area (Å²) in [6, 6.07) is 8.50. The van der Waals surface area contributed by atoms with Gasteiger partial charge in [-0.25, -0.2) is 0 Å². The molecule has 2 N–H and O–H groups in total. The normalized spacial score (nSPS) is 12.7. The van der Waals surface area contributed by atoms with E-state index in [1.807, 2.05) is 24.9 Å². The van der Waals surface area contributed by atoms with Gasteiger partial charge in [0.2, 0.25) is 0 Å². The second-order valence-electron chi connectivity index (χ2n) is 4.28. The Labute approximate surface area is 115 Å². The van der Waals surface area contributed by atoms with Crippen molar-refractivity contribution in [2.45, 2.75) is 19.4 Å². The summed E-state index contributed by atoms with van der Waals surface area (Å²) in [5.41, 5.74) is 9.64. The quantitative estimate of drug-likeness (QED) is 0.872. The third kappa shape index (κ3) is 3.07. The average Bonchev–Trinajstić information content (AvgIpc) is 2.61. The summed E-state index contributed by atoms with van der Waals surface area (Å²) < 4.78 is 3.07. The Morgan fingerprint density at radius 3 is 2.53 bits per heavy atom.